The zero-order chi connectivity index (χ0) is 14.8. The first-order valence-electron chi connectivity index (χ1n) is 6.61. The van der Waals surface area contributed by atoms with Crippen LogP contribution in [0.3, 0.4) is 0 Å². The Hall–Kier alpha value is -0.920. The van der Waals surface area contributed by atoms with E-state index in [1.54, 1.807) is 12.1 Å². The monoisotopic (exact) mass is 342 g/mol. The maximum absolute atomic E-state index is 13.8. The molecule has 1 amide bonds. The van der Waals surface area contributed by atoms with Gasteiger partial charge >= 0.3 is 0 Å². The highest BCUT2D eigenvalue weighted by atomic mass is 32.2. The molecule has 1 aliphatic rings. The first-order chi connectivity index (χ1) is 10.2. The Morgan fingerprint density at radius 1 is 1.43 bits per heavy atom. The second kappa shape index (κ2) is 6.46. The maximum atomic E-state index is 13.8. The number of hydrogen-bond acceptors (Lipinski definition) is 5. The van der Waals surface area contributed by atoms with Crippen molar-refractivity contribution in [2.45, 2.75) is 5.25 Å². The lowest BCUT2D eigenvalue weighted by Gasteiger charge is -2.20. The van der Waals surface area contributed by atoms with Gasteiger partial charge in [-0.3, -0.25) is 4.79 Å². The third-order valence-electron chi connectivity index (χ3n) is 3.28. The lowest BCUT2D eigenvalue weighted by Crippen LogP contribution is -2.33. The van der Waals surface area contributed by atoms with Gasteiger partial charge in [-0.25, -0.2) is 4.39 Å². The molecule has 1 atom stereocenters. The molecule has 3 N–H and O–H groups in total. The Morgan fingerprint density at radius 3 is 3.00 bits per heavy atom. The summed E-state index contributed by atoms with van der Waals surface area (Å²) < 4.78 is 14.5. The molecule has 1 saturated heterocycles. The van der Waals surface area contributed by atoms with Gasteiger partial charge in [-0.05, 0) is 12.1 Å². The van der Waals surface area contributed by atoms with E-state index < -0.39 is 0 Å². The molecule has 0 bridgehead atoms. The fraction of sp³-hybridized carbons (Fsp3) is 0.357. The molecular weight excluding hydrogens is 327 g/mol. The third-order valence-corrected chi connectivity index (χ3v) is 7.30. The van der Waals surface area contributed by atoms with Crippen LogP contribution in [0.5, 0.6) is 0 Å². The molecule has 1 aromatic carbocycles. The lowest BCUT2D eigenvalue weighted by molar-refractivity contribution is 0.0959. The van der Waals surface area contributed by atoms with Gasteiger partial charge in [0.2, 0.25) is 0 Å². The number of fused-ring (bicyclic) bond motifs is 1. The van der Waals surface area contributed by atoms with Gasteiger partial charge in [0.25, 0.3) is 5.91 Å². The number of thiophene rings is 1. The second-order valence-corrected chi connectivity index (χ2v) is 8.35. The maximum Gasteiger partial charge on any atom is 0.263 e. The molecule has 1 fully saturated rings. The van der Waals surface area contributed by atoms with Gasteiger partial charge in [0.1, 0.15) is 10.7 Å². The smallest absolute Gasteiger partial charge is 0.263 e. The average Bonchev–Trinajstić information content (AvgIpc) is 2.84. The second-order valence-electron chi connectivity index (χ2n) is 4.74. The lowest BCUT2D eigenvalue weighted by atomic mass is 10.2. The van der Waals surface area contributed by atoms with Crippen LogP contribution in [0.2, 0.25) is 0 Å². The molecule has 1 aromatic heterocycles. The Kier molecular flexibility index (Phi) is 4.61. The summed E-state index contributed by atoms with van der Waals surface area (Å²) in [6.07, 6.45) is 0. The summed E-state index contributed by atoms with van der Waals surface area (Å²) in [5.41, 5.74) is 6.20. The van der Waals surface area contributed by atoms with E-state index in [1.807, 2.05) is 23.5 Å². The number of carbonyl (C=O) groups excluding carboxylic acids is 1. The van der Waals surface area contributed by atoms with Crippen LogP contribution in [0.4, 0.5) is 10.1 Å². The molecule has 2 aromatic rings. The molecule has 1 unspecified atom stereocenters. The van der Waals surface area contributed by atoms with Gasteiger partial charge in [0.05, 0.1) is 11.1 Å². The summed E-state index contributed by atoms with van der Waals surface area (Å²) >= 11 is 5.05. The molecule has 21 heavy (non-hydrogen) atoms. The normalized spacial score (nSPS) is 18.8. The van der Waals surface area contributed by atoms with E-state index in [1.165, 1.54) is 23.2 Å². The van der Waals surface area contributed by atoms with Crippen LogP contribution in [0.1, 0.15) is 9.67 Å². The van der Waals surface area contributed by atoms with Crippen LogP contribution < -0.4 is 11.1 Å². The summed E-state index contributed by atoms with van der Waals surface area (Å²) in [6, 6.07) is 4.78. The highest BCUT2D eigenvalue weighted by molar-refractivity contribution is 8.06. The topological polar surface area (TPSA) is 55.1 Å². The van der Waals surface area contributed by atoms with Crippen molar-refractivity contribution in [2.75, 3.05) is 29.5 Å². The third kappa shape index (κ3) is 3.14. The van der Waals surface area contributed by atoms with E-state index in [4.69, 9.17) is 5.73 Å². The van der Waals surface area contributed by atoms with Crippen molar-refractivity contribution in [3.05, 3.63) is 28.9 Å². The Labute approximate surface area is 134 Å². The highest BCUT2D eigenvalue weighted by Gasteiger charge is 2.20. The minimum atomic E-state index is -0.375. The molecule has 112 valence electrons. The minimum absolute atomic E-state index is 0.204. The largest absolute Gasteiger partial charge is 0.397 e. The number of thioether (sulfide) groups is 2. The predicted octanol–water partition coefficient (Wildman–Crippen LogP) is 3.20. The summed E-state index contributed by atoms with van der Waals surface area (Å²) in [4.78, 5) is 12.7. The van der Waals surface area contributed by atoms with Gasteiger partial charge in [-0.2, -0.15) is 23.5 Å². The molecule has 0 saturated carbocycles. The molecule has 2 heterocycles. The molecule has 0 aliphatic carbocycles. The average molecular weight is 342 g/mol. The van der Waals surface area contributed by atoms with Crippen LogP contribution in [-0.4, -0.2) is 35.0 Å². The van der Waals surface area contributed by atoms with Gasteiger partial charge in [0.15, 0.2) is 0 Å². The number of nitrogens with two attached hydrogens (primary N) is 1. The summed E-state index contributed by atoms with van der Waals surface area (Å²) in [7, 11) is 0. The Bertz CT molecular complexity index is 668. The summed E-state index contributed by atoms with van der Waals surface area (Å²) in [5, 5.41) is 3.73. The van der Waals surface area contributed by atoms with Crippen molar-refractivity contribution < 1.29 is 9.18 Å². The number of nitrogen functional groups attached to an aromatic ring is 1. The quantitative estimate of drug-likeness (QED) is 0.899. The van der Waals surface area contributed by atoms with E-state index in [9.17, 15) is 9.18 Å². The van der Waals surface area contributed by atoms with Crippen molar-refractivity contribution in [2.24, 2.45) is 0 Å². The van der Waals surface area contributed by atoms with E-state index in [0.717, 1.165) is 11.5 Å². The van der Waals surface area contributed by atoms with Crippen molar-refractivity contribution in [1.29, 1.82) is 0 Å². The first kappa shape index (κ1) is 15.0. The van der Waals surface area contributed by atoms with Crippen molar-refractivity contribution in [3.8, 4) is 0 Å². The number of benzene rings is 1. The van der Waals surface area contributed by atoms with E-state index in [0.29, 0.717) is 26.8 Å². The van der Waals surface area contributed by atoms with Crippen LogP contribution in [0, 0.1) is 5.82 Å². The fourth-order valence-electron chi connectivity index (χ4n) is 2.24. The van der Waals surface area contributed by atoms with E-state index in [-0.39, 0.29) is 17.4 Å². The molecule has 0 radical (unpaired) electrons. The van der Waals surface area contributed by atoms with Crippen molar-refractivity contribution in [3.63, 3.8) is 0 Å². The molecule has 3 rings (SSSR count). The number of halogens is 1. The standard InChI is InChI=1S/C14H15FN2OS3/c15-9-2-1-3-10-11(9)12(16)13(21-10)14(18)17-6-8-7-19-4-5-20-8/h1-3,8H,4-7,16H2,(H,17,18). The zero-order valence-corrected chi connectivity index (χ0v) is 13.7. The number of carbonyl (C=O) groups is 1. The van der Waals surface area contributed by atoms with E-state index in [2.05, 4.69) is 5.32 Å². The molecular formula is C14H15FN2OS3. The van der Waals surface area contributed by atoms with Gasteiger partial charge in [0, 0.05) is 33.8 Å². The Morgan fingerprint density at radius 2 is 2.29 bits per heavy atom. The van der Waals surface area contributed by atoms with Gasteiger partial charge in [-0.15, -0.1) is 11.3 Å². The fourth-order valence-corrected chi connectivity index (χ4v) is 5.90. The molecule has 1 aliphatic heterocycles. The minimum Gasteiger partial charge on any atom is -0.397 e. The van der Waals surface area contributed by atoms with Crippen molar-refractivity contribution in [1.82, 2.24) is 5.32 Å². The predicted molar refractivity (Wildman–Crippen MR) is 92.1 cm³/mol. The van der Waals surface area contributed by atoms with E-state index >= 15 is 0 Å². The number of amides is 1. The molecule has 7 heteroatoms. The van der Waals surface area contributed by atoms with Crippen LogP contribution in [0.25, 0.3) is 10.1 Å². The van der Waals surface area contributed by atoms with Crippen molar-refractivity contribution >= 4 is 56.5 Å². The van der Waals surface area contributed by atoms with Gasteiger partial charge < -0.3 is 11.1 Å². The summed E-state index contributed by atoms with van der Waals surface area (Å²) in [5.74, 6) is 2.78. The molecule has 0 spiro atoms. The number of rotatable bonds is 3. The van der Waals surface area contributed by atoms with Gasteiger partial charge in [-0.1, -0.05) is 6.07 Å². The number of anilines is 1. The Balaban J connectivity index is 1.75. The van der Waals surface area contributed by atoms with Crippen LogP contribution >= 0.6 is 34.9 Å². The highest BCUT2D eigenvalue weighted by Crippen LogP contribution is 2.35. The number of hydrogen-bond donors (Lipinski definition) is 2. The molecule has 3 nitrogen and oxygen atoms in total. The zero-order valence-electron chi connectivity index (χ0n) is 11.2. The van der Waals surface area contributed by atoms with Crippen LogP contribution in [0.15, 0.2) is 18.2 Å². The first-order valence-corrected chi connectivity index (χ1v) is 9.63. The van der Waals surface area contributed by atoms with Crippen LogP contribution in [-0.2, 0) is 0 Å². The number of nitrogens with one attached hydrogen (secondary N) is 1. The summed E-state index contributed by atoms with van der Waals surface area (Å²) in [6.45, 7) is 0.632. The SMILES string of the molecule is Nc1c(C(=O)NCC2CSCCS2)sc2cccc(F)c12.